The zero-order chi connectivity index (χ0) is 20.4. The first-order valence-electron chi connectivity index (χ1n) is 9.80. The maximum Gasteiger partial charge on any atom is 0.168 e. The lowest BCUT2D eigenvalue weighted by Gasteiger charge is -2.16. The van der Waals surface area contributed by atoms with Crippen molar-refractivity contribution in [3.8, 4) is 5.75 Å². The van der Waals surface area contributed by atoms with Gasteiger partial charge in [-0.05, 0) is 36.6 Å². The summed E-state index contributed by atoms with van der Waals surface area (Å²) >= 11 is 0. The number of nitrogens with two attached hydrogens (primary N) is 1. The van der Waals surface area contributed by atoms with Crippen molar-refractivity contribution in [3.63, 3.8) is 0 Å². The van der Waals surface area contributed by atoms with Crippen molar-refractivity contribution in [2.45, 2.75) is 39.2 Å². The molecule has 2 rings (SSSR count). The molecule has 0 aromatic heterocycles. The number of carbonyl (C=O) groups is 2. The maximum atomic E-state index is 12.4. The van der Waals surface area contributed by atoms with Crippen molar-refractivity contribution in [1.29, 1.82) is 0 Å². The Morgan fingerprint density at radius 3 is 2.32 bits per heavy atom. The van der Waals surface area contributed by atoms with Gasteiger partial charge in [0.25, 0.3) is 0 Å². The number of quaternary nitrogens is 1. The van der Waals surface area contributed by atoms with Crippen LogP contribution in [0.4, 0.5) is 0 Å². The second kappa shape index (κ2) is 11.2. The summed E-state index contributed by atoms with van der Waals surface area (Å²) in [6.45, 7) is 5.48. The van der Waals surface area contributed by atoms with Crippen LogP contribution in [0.3, 0.4) is 0 Å². The lowest BCUT2D eigenvalue weighted by molar-refractivity contribution is -0.694. The molecule has 5 nitrogen and oxygen atoms in total. The normalized spacial score (nSPS) is 12.0. The number of carboxylic acids is 1. The predicted molar refractivity (Wildman–Crippen MR) is 106 cm³/mol. The molecule has 0 aliphatic carbocycles. The number of hydrogen-bond donors (Lipinski definition) is 1. The van der Waals surface area contributed by atoms with Crippen LogP contribution in [0.1, 0.15) is 55.1 Å². The molecule has 150 valence electrons. The first kappa shape index (κ1) is 21.6. The molecule has 0 radical (unpaired) electrons. The van der Waals surface area contributed by atoms with E-state index in [1.807, 2.05) is 47.8 Å². The number of carbonyl (C=O) groups excluding carboxylic acids is 2. The van der Waals surface area contributed by atoms with Crippen molar-refractivity contribution in [2.75, 3.05) is 13.2 Å². The number of hydrogen-bond acceptors (Lipinski definition) is 4. The molecule has 0 amide bonds. The molecule has 2 N–H and O–H groups in total. The van der Waals surface area contributed by atoms with Crippen LogP contribution in [0.2, 0.25) is 0 Å². The van der Waals surface area contributed by atoms with Gasteiger partial charge in [-0.1, -0.05) is 44.2 Å². The largest absolute Gasteiger partial charge is 0.550 e. The van der Waals surface area contributed by atoms with Gasteiger partial charge >= 0.3 is 0 Å². The van der Waals surface area contributed by atoms with Gasteiger partial charge in [0.05, 0.1) is 19.6 Å². The summed E-state index contributed by atoms with van der Waals surface area (Å²) in [7, 11) is 0. The molecule has 0 saturated heterocycles. The van der Waals surface area contributed by atoms with Gasteiger partial charge in [0.2, 0.25) is 0 Å². The van der Waals surface area contributed by atoms with E-state index in [2.05, 4.69) is 13.8 Å². The van der Waals surface area contributed by atoms with Gasteiger partial charge in [0, 0.05) is 23.5 Å². The van der Waals surface area contributed by atoms with Gasteiger partial charge in [0.15, 0.2) is 5.78 Å². The molecule has 0 aliphatic rings. The molecule has 0 bridgehead atoms. The molecular weight excluding hydrogens is 354 g/mol. The topological polar surface area (TPSA) is 83.0 Å². The minimum atomic E-state index is -1.09. The summed E-state index contributed by atoms with van der Waals surface area (Å²) in [5.41, 5.74) is 1.56. The van der Waals surface area contributed by atoms with E-state index in [1.54, 1.807) is 12.1 Å². The van der Waals surface area contributed by atoms with Crippen molar-refractivity contribution in [1.82, 2.24) is 0 Å². The lowest BCUT2D eigenvalue weighted by Crippen LogP contribution is -2.86. The second-order valence-corrected chi connectivity index (χ2v) is 7.35. The average molecular weight is 383 g/mol. The molecule has 0 spiro atoms. The van der Waals surface area contributed by atoms with E-state index in [4.69, 9.17) is 4.74 Å². The smallest absolute Gasteiger partial charge is 0.168 e. The first-order valence-corrected chi connectivity index (χ1v) is 9.80. The third kappa shape index (κ3) is 7.53. The monoisotopic (exact) mass is 383 g/mol. The summed E-state index contributed by atoms with van der Waals surface area (Å²) in [5, 5.41) is 12.9. The zero-order valence-corrected chi connectivity index (χ0v) is 16.6. The van der Waals surface area contributed by atoms with E-state index in [-0.39, 0.29) is 18.2 Å². The number of benzene rings is 2. The van der Waals surface area contributed by atoms with Crippen LogP contribution < -0.4 is 15.2 Å². The number of carboxylic acid groups (broad SMARTS) is 1. The Labute approximate surface area is 166 Å². The van der Waals surface area contributed by atoms with E-state index >= 15 is 0 Å². The van der Waals surface area contributed by atoms with Gasteiger partial charge in [-0.15, -0.1) is 0 Å². The van der Waals surface area contributed by atoms with Crippen LogP contribution in [-0.4, -0.2) is 24.9 Å². The van der Waals surface area contributed by atoms with Crippen LogP contribution in [-0.2, 0) is 4.79 Å². The molecule has 0 aliphatic heterocycles. The summed E-state index contributed by atoms with van der Waals surface area (Å²) < 4.78 is 5.67. The molecule has 1 unspecified atom stereocenters. The molecule has 0 saturated carbocycles. The third-order valence-corrected chi connectivity index (χ3v) is 4.58. The maximum absolute atomic E-state index is 12.4. The number of ether oxygens (including phenoxy) is 1. The van der Waals surface area contributed by atoms with Crippen LogP contribution in [0, 0.1) is 5.92 Å². The van der Waals surface area contributed by atoms with E-state index < -0.39 is 5.97 Å². The van der Waals surface area contributed by atoms with E-state index in [9.17, 15) is 14.7 Å². The minimum absolute atomic E-state index is 0.0326. The van der Waals surface area contributed by atoms with Gasteiger partial charge in [0.1, 0.15) is 11.8 Å². The summed E-state index contributed by atoms with van der Waals surface area (Å²) in [4.78, 5) is 23.4. The SMILES string of the molecule is CC(C)CCOc1ccc(C(=O)CC[NH2+]C(CC(=O)[O-])c2ccccc2)cc1. The first-order chi connectivity index (χ1) is 13.5. The standard InChI is InChI=1S/C23H29NO4/c1-17(2)13-15-28-20-10-8-19(9-11-20)22(25)12-14-24-21(16-23(26)27)18-6-4-3-5-7-18/h3-11,17,21,24H,12-16H2,1-2H3,(H,26,27). The van der Waals surface area contributed by atoms with Crippen molar-refractivity contribution in [3.05, 3.63) is 65.7 Å². The fourth-order valence-corrected chi connectivity index (χ4v) is 2.93. The summed E-state index contributed by atoms with van der Waals surface area (Å²) in [5.74, 6) is 0.297. The van der Waals surface area contributed by atoms with E-state index in [0.29, 0.717) is 31.1 Å². The van der Waals surface area contributed by atoms with Crippen molar-refractivity contribution >= 4 is 11.8 Å². The number of Topliss-reactive ketones (excluding diaryl/α,β-unsaturated/α-hetero) is 1. The second-order valence-electron chi connectivity index (χ2n) is 7.35. The van der Waals surface area contributed by atoms with Gasteiger partial charge in [-0.25, -0.2) is 0 Å². The highest BCUT2D eigenvalue weighted by Crippen LogP contribution is 2.15. The van der Waals surface area contributed by atoms with Gasteiger partial charge in [-0.2, -0.15) is 0 Å². The highest BCUT2D eigenvalue weighted by atomic mass is 16.5. The van der Waals surface area contributed by atoms with E-state index in [0.717, 1.165) is 17.7 Å². The summed E-state index contributed by atoms with van der Waals surface area (Å²) in [6, 6.07) is 16.4. The zero-order valence-electron chi connectivity index (χ0n) is 16.6. The fraction of sp³-hybridized carbons (Fsp3) is 0.391. The molecule has 2 aromatic rings. The number of ketones is 1. The summed E-state index contributed by atoms with van der Waals surface area (Å²) in [6.07, 6.45) is 1.25. The highest BCUT2D eigenvalue weighted by molar-refractivity contribution is 5.96. The van der Waals surface area contributed by atoms with Crippen molar-refractivity contribution in [2.24, 2.45) is 5.92 Å². The van der Waals surface area contributed by atoms with Crippen LogP contribution >= 0.6 is 0 Å². The Bertz CT molecular complexity index is 741. The number of rotatable bonds is 12. The molecule has 0 heterocycles. The third-order valence-electron chi connectivity index (χ3n) is 4.58. The molecule has 28 heavy (non-hydrogen) atoms. The molecular formula is C23H29NO4. The minimum Gasteiger partial charge on any atom is -0.550 e. The van der Waals surface area contributed by atoms with E-state index in [1.165, 1.54) is 0 Å². The molecule has 0 fully saturated rings. The van der Waals surface area contributed by atoms with Gasteiger partial charge in [-0.3, -0.25) is 4.79 Å². The number of aliphatic carboxylic acids is 1. The average Bonchev–Trinajstić information content (AvgIpc) is 2.68. The highest BCUT2D eigenvalue weighted by Gasteiger charge is 2.16. The van der Waals surface area contributed by atoms with Crippen LogP contribution in [0.5, 0.6) is 5.75 Å². The van der Waals surface area contributed by atoms with Crippen LogP contribution in [0.15, 0.2) is 54.6 Å². The predicted octanol–water partition coefficient (Wildman–Crippen LogP) is 2.13. The Kier molecular flexibility index (Phi) is 8.69. The Hall–Kier alpha value is -2.66. The Balaban J connectivity index is 1.84. The Morgan fingerprint density at radius 2 is 1.71 bits per heavy atom. The molecule has 5 heteroatoms. The molecule has 1 atom stereocenters. The van der Waals surface area contributed by atoms with Gasteiger partial charge < -0.3 is 20.0 Å². The molecule has 2 aromatic carbocycles. The quantitative estimate of drug-likeness (QED) is 0.569. The van der Waals surface area contributed by atoms with Crippen LogP contribution in [0.25, 0.3) is 0 Å². The lowest BCUT2D eigenvalue weighted by atomic mass is 10.0. The Morgan fingerprint density at radius 1 is 1.04 bits per heavy atom. The fourth-order valence-electron chi connectivity index (χ4n) is 2.93. The van der Waals surface area contributed by atoms with Crippen molar-refractivity contribution < 1.29 is 24.7 Å².